The number of amides is 1. The smallest absolute Gasteiger partial charge is 0.338 e. The van der Waals surface area contributed by atoms with Crippen molar-refractivity contribution < 1.29 is 14.3 Å². The minimum absolute atomic E-state index is 0.126. The van der Waals surface area contributed by atoms with Crippen LogP contribution in [-0.4, -0.2) is 71.1 Å². The molecule has 9 heteroatoms. The minimum atomic E-state index is -0.430. The molecule has 1 unspecified atom stereocenters. The van der Waals surface area contributed by atoms with E-state index in [-0.39, 0.29) is 12.3 Å². The second kappa shape index (κ2) is 11.0. The van der Waals surface area contributed by atoms with Gasteiger partial charge in [0.2, 0.25) is 5.91 Å². The summed E-state index contributed by atoms with van der Waals surface area (Å²) in [5.74, 6) is -0.293. The summed E-state index contributed by atoms with van der Waals surface area (Å²) in [6.45, 7) is 5.82. The van der Waals surface area contributed by atoms with Crippen LogP contribution >= 0.6 is 23.4 Å². The summed E-state index contributed by atoms with van der Waals surface area (Å²) in [7, 11) is 1.38. The van der Waals surface area contributed by atoms with Crippen molar-refractivity contribution in [3.8, 4) is 0 Å². The summed E-state index contributed by atoms with van der Waals surface area (Å²) in [5, 5.41) is 3.39. The normalized spacial score (nSPS) is 23.4. The zero-order valence-corrected chi connectivity index (χ0v) is 22.5. The number of fused-ring (bicyclic) bond motifs is 1. The number of hydrogen-bond donors (Lipinski definition) is 0. The van der Waals surface area contributed by atoms with E-state index < -0.39 is 12.0 Å². The summed E-state index contributed by atoms with van der Waals surface area (Å²) in [5.41, 5.74) is 2.86. The predicted octanol–water partition coefficient (Wildman–Crippen LogP) is 4.95. The number of allylic oxidation sites excluding steroid dienone is 1. The van der Waals surface area contributed by atoms with Crippen LogP contribution in [0.25, 0.3) is 0 Å². The molecule has 0 bridgehead atoms. The predicted molar refractivity (Wildman–Crippen MR) is 143 cm³/mol. The molecule has 1 aromatic carbocycles. The zero-order valence-electron chi connectivity index (χ0n) is 20.9. The van der Waals surface area contributed by atoms with Crippen molar-refractivity contribution in [1.82, 2.24) is 14.7 Å². The second-order valence-corrected chi connectivity index (χ2v) is 11.1. The maximum Gasteiger partial charge on any atom is 0.338 e. The number of methoxy groups -OCH3 is 1. The molecule has 1 atom stereocenters. The van der Waals surface area contributed by atoms with Gasteiger partial charge in [0, 0.05) is 29.9 Å². The van der Waals surface area contributed by atoms with Gasteiger partial charge < -0.3 is 19.4 Å². The number of rotatable bonds is 5. The molecular weight excluding hydrogens is 496 g/mol. The van der Waals surface area contributed by atoms with Gasteiger partial charge in [-0.2, -0.15) is 0 Å². The first kappa shape index (κ1) is 25.4. The van der Waals surface area contributed by atoms with Gasteiger partial charge in [-0.3, -0.25) is 4.79 Å². The molecule has 0 N–H and O–H groups in total. The average Bonchev–Trinajstić information content (AvgIpc) is 3.30. The first-order valence-electron chi connectivity index (χ1n) is 12.8. The lowest BCUT2D eigenvalue weighted by molar-refractivity contribution is -0.136. The zero-order chi connectivity index (χ0) is 25.2. The van der Waals surface area contributed by atoms with E-state index in [1.807, 2.05) is 46.4 Å². The number of likely N-dealkylation sites (tertiary alicyclic amines) is 2. The van der Waals surface area contributed by atoms with E-state index in [2.05, 4.69) is 4.90 Å². The molecule has 36 heavy (non-hydrogen) atoms. The fraction of sp³-hybridized carbons (Fsp3) is 0.519. The van der Waals surface area contributed by atoms with Gasteiger partial charge in [0.15, 0.2) is 5.17 Å². The summed E-state index contributed by atoms with van der Waals surface area (Å²) < 4.78 is 5.13. The summed E-state index contributed by atoms with van der Waals surface area (Å²) in [6, 6.07) is 7.63. The number of halogens is 1. The van der Waals surface area contributed by atoms with Crippen molar-refractivity contribution >= 4 is 40.4 Å². The van der Waals surface area contributed by atoms with Crippen molar-refractivity contribution in [3.05, 3.63) is 57.2 Å². The van der Waals surface area contributed by atoms with Gasteiger partial charge in [-0.1, -0.05) is 41.9 Å². The van der Waals surface area contributed by atoms with Gasteiger partial charge in [0.25, 0.3) is 0 Å². The first-order valence-corrected chi connectivity index (χ1v) is 14.0. The van der Waals surface area contributed by atoms with Crippen LogP contribution < -0.4 is 0 Å². The van der Waals surface area contributed by atoms with Gasteiger partial charge in [-0.15, -0.1) is 0 Å². The molecule has 1 aromatic rings. The molecular formula is C27H33ClN4O3S. The molecule has 5 rings (SSSR count). The summed E-state index contributed by atoms with van der Waals surface area (Å²) in [6.07, 6.45) is 6.28. The number of carbonyl (C=O) groups excluding carboxylic acids is 2. The lowest BCUT2D eigenvalue weighted by Crippen LogP contribution is -2.48. The number of amidine groups is 1. The van der Waals surface area contributed by atoms with Crippen molar-refractivity contribution in [3.63, 3.8) is 0 Å². The van der Waals surface area contributed by atoms with Crippen LogP contribution in [0.4, 0.5) is 0 Å². The SMILES string of the molecule is COC(=O)C1=C(C)N=C2SC=C(CC(=O)N3CCC(N4CCCCC4)CC3)N2C1c1ccc(Cl)cc1. The molecule has 4 aliphatic rings. The molecule has 7 nitrogen and oxygen atoms in total. The summed E-state index contributed by atoms with van der Waals surface area (Å²) in [4.78, 5) is 37.6. The lowest BCUT2D eigenvalue weighted by Gasteiger charge is -2.40. The van der Waals surface area contributed by atoms with Crippen molar-refractivity contribution in [2.75, 3.05) is 33.3 Å². The molecule has 0 radical (unpaired) electrons. The number of aliphatic imine (C=N–C) groups is 1. The van der Waals surface area contributed by atoms with E-state index in [4.69, 9.17) is 21.3 Å². The Hall–Kier alpha value is -2.29. The van der Waals surface area contributed by atoms with Crippen molar-refractivity contribution in [1.29, 1.82) is 0 Å². The van der Waals surface area contributed by atoms with E-state index in [0.717, 1.165) is 42.4 Å². The molecule has 0 aromatic heterocycles. The molecule has 2 saturated heterocycles. The van der Waals surface area contributed by atoms with E-state index >= 15 is 0 Å². The maximum absolute atomic E-state index is 13.4. The Labute approximate surface area is 222 Å². The third-order valence-corrected chi connectivity index (χ3v) is 8.79. The molecule has 4 aliphatic heterocycles. The van der Waals surface area contributed by atoms with Crippen LogP contribution in [0.15, 0.2) is 51.6 Å². The number of esters is 1. The topological polar surface area (TPSA) is 65.5 Å². The highest BCUT2D eigenvalue weighted by Gasteiger charge is 2.41. The molecule has 2 fully saturated rings. The molecule has 4 heterocycles. The van der Waals surface area contributed by atoms with Crippen LogP contribution in [-0.2, 0) is 14.3 Å². The van der Waals surface area contributed by atoms with Crippen LogP contribution in [0.3, 0.4) is 0 Å². The quantitative estimate of drug-likeness (QED) is 0.504. The van der Waals surface area contributed by atoms with Crippen molar-refractivity contribution in [2.45, 2.75) is 57.5 Å². The van der Waals surface area contributed by atoms with Gasteiger partial charge in [-0.25, -0.2) is 9.79 Å². The maximum atomic E-state index is 13.4. The summed E-state index contributed by atoms with van der Waals surface area (Å²) >= 11 is 7.64. The Kier molecular flexibility index (Phi) is 7.74. The molecule has 0 aliphatic carbocycles. The monoisotopic (exact) mass is 528 g/mol. The van der Waals surface area contributed by atoms with Gasteiger partial charge >= 0.3 is 5.97 Å². The Bertz CT molecular complexity index is 1100. The van der Waals surface area contributed by atoms with Gasteiger partial charge in [-0.05, 0) is 68.8 Å². The van der Waals surface area contributed by atoms with Crippen LogP contribution in [0.1, 0.15) is 57.1 Å². The standard InChI is InChI=1S/C27H33ClN4O3S/c1-18-24(26(34)35-2)25(19-6-8-20(28)9-7-19)32-22(17-36-27(32)29-18)16-23(33)31-14-10-21(11-15-31)30-12-4-3-5-13-30/h6-9,17,21,25H,3-5,10-16H2,1-2H3. The molecule has 0 saturated carbocycles. The van der Waals surface area contributed by atoms with Gasteiger partial charge in [0.1, 0.15) is 0 Å². The molecule has 1 amide bonds. The van der Waals surface area contributed by atoms with E-state index in [1.165, 1.54) is 51.2 Å². The highest BCUT2D eigenvalue weighted by atomic mass is 35.5. The van der Waals surface area contributed by atoms with E-state index in [0.29, 0.717) is 22.3 Å². The van der Waals surface area contributed by atoms with E-state index in [1.54, 1.807) is 0 Å². The molecule has 0 spiro atoms. The Morgan fingerprint density at radius 1 is 1.08 bits per heavy atom. The number of benzene rings is 1. The number of carbonyl (C=O) groups is 2. The highest BCUT2D eigenvalue weighted by Crippen LogP contribution is 2.45. The van der Waals surface area contributed by atoms with Gasteiger partial charge in [0.05, 0.1) is 30.8 Å². The van der Waals surface area contributed by atoms with Crippen molar-refractivity contribution in [2.24, 2.45) is 4.99 Å². The Balaban J connectivity index is 1.32. The third kappa shape index (κ3) is 5.08. The van der Waals surface area contributed by atoms with Crippen LogP contribution in [0.2, 0.25) is 5.02 Å². The largest absolute Gasteiger partial charge is 0.466 e. The first-order chi connectivity index (χ1) is 17.5. The fourth-order valence-electron chi connectivity index (χ4n) is 5.73. The Morgan fingerprint density at radius 2 is 1.78 bits per heavy atom. The Morgan fingerprint density at radius 3 is 2.44 bits per heavy atom. The number of hydrogen-bond acceptors (Lipinski definition) is 7. The van der Waals surface area contributed by atoms with E-state index in [9.17, 15) is 9.59 Å². The number of nitrogens with zero attached hydrogens (tertiary/aromatic N) is 4. The minimum Gasteiger partial charge on any atom is -0.466 e. The average molecular weight is 529 g/mol. The second-order valence-electron chi connectivity index (χ2n) is 9.82. The number of ether oxygens (including phenoxy) is 1. The fourth-order valence-corrected chi connectivity index (χ4v) is 6.82. The third-order valence-electron chi connectivity index (χ3n) is 7.65. The lowest BCUT2D eigenvalue weighted by atomic mass is 9.94. The number of thioether (sulfide) groups is 1. The van der Waals surface area contributed by atoms with Crippen LogP contribution in [0.5, 0.6) is 0 Å². The highest BCUT2D eigenvalue weighted by molar-refractivity contribution is 8.16. The van der Waals surface area contributed by atoms with Crippen LogP contribution in [0, 0.1) is 0 Å². The molecule has 192 valence electrons. The number of piperidine rings is 2.